The van der Waals surface area contributed by atoms with E-state index >= 15 is 0 Å². The Morgan fingerprint density at radius 1 is 1.73 bits per heavy atom. The van der Waals surface area contributed by atoms with Crippen molar-refractivity contribution in [2.24, 2.45) is 0 Å². The van der Waals surface area contributed by atoms with Crippen molar-refractivity contribution < 1.29 is 5.11 Å². The van der Waals surface area contributed by atoms with Gasteiger partial charge < -0.3 is 5.11 Å². The predicted octanol–water partition coefficient (Wildman–Crippen LogP) is 1.20. The fourth-order valence-electron chi connectivity index (χ4n) is 1.42. The summed E-state index contributed by atoms with van der Waals surface area (Å²) in [5.74, 6) is 0. The van der Waals surface area contributed by atoms with Gasteiger partial charge in [0.05, 0.1) is 5.60 Å². The first-order chi connectivity index (χ1) is 5.03. The molecule has 0 aromatic carbocycles. The molecule has 1 aliphatic rings. The molecular weight excluding hydrogens is 162 g/mol. The van der Waals surface area contributed by atoms with Crippen LogP contribution in [0.3, 0.4) is 0 Å². The second-order valence-electron chi connectivity index (χ2n) is 3.60. The molecule has 0 bridgehead atoms. The number of aliphatic hydroxyl groups is 1. The Balaban J connectivity index is 2.24. The van der Waals surface area contributed by atoms with E-state index in [0.717, 1.165) is 25.2 Å². The van der Waals surface area contributed by atoms with Crippen LogP contribution in [0.1, 0.15) is 13.8 Å². The number of β-amino-alcohol motifs (C(OH)–C–C–N with tert-alkyl or cyclic N) is 1. The molecule has 1 heterocycles. The molecule has 1 rings (SSSR count). The maximum atomic E-state index is 9.38. The average molecular weight is 176 g/mol. The van der Waals surface area contributed by atoms with Crippen molar-refractivity contribution in [2.45, 2.75) is 19.4 Å². The summed E-state index contributed by atoms with van der Waals surface area (Å²) in [6.07, 6.45) is 0. The first-order valence-electron chi connectivity index (χ1n) is 3.74. The number of hydrogen-bond acceptors (Lipinski definition) is 2. The minimum Gasteiger partial charge on any atom is -0.388 e. The van der Waals surface area contributed by atoms with Crippen LogP contribution in [0.5, 0.6) is 0 Å². The monoisotopic (exact) mass is 175 g/mol. The molecule has 11 heavy (non-hydrogen) atoms. The highest BCUT2D eigenvalue weighted by Gasteiger charge is 2.35. The molecule has 1 N–H and O–H groups in total. The Bertz CT molecular complexity index is 169. The largest absolute Gasteiger partial charge is 0.388 e. The quantitative estimate of drug-likeness (QED) is 0.682. The fraction of sp³-hybridized carbons (Fsp3) is 0.750. The van der Waals surface area contributed by atoms with Crippen LogP contribution in [-0.2, 0) is 0 Å². The Morgan fingerprint density at radius 2 is 2.27 bits per heavy atom. The molecule has 0 saturated carbocycles. The van der Waals surface area contributed by atoms with E-state index in [1.54, 1.807) is 5.54 Å². The van der Waals surface area contributed by atoms with Crippen molar-refractivity contribution in [1.82, 2.24) is 4.90 Å². The Labute approximate surface area is 72.5 Å². The summed E-state index contributed by atoms with van der Waals surface area (Å²) in [5.41, 5.74) is 2.27. The summed E-state index contributed by atoms with van der Waals surface area (Å²) in [6.45, 7) is 6.23. The van der Waals surface area contributed by atoms with Crippen molar-refractivity contribution in [3.8, 4) is 0 Å². The lowest BCUT2D eigenvalue weighted by atomic mass is 9.96. The van der Waals surface area contributed by atoms with Crippen LogP contribution in [0.15, 0.2) is 11.1 Å². The van der Waals surface area contributed by atoms with E-state index in [9.17, 15) is 5.11 Å². The SMILES string of the molecule is CC(=CCl)CN1CC(C)(O)C1. The van der Waals surface area contributed by atoms with Crippen molar-refractivity contribution in [1.29, 1.82) is 0 Å². The van der Waals surface area contributed by atoms with E-state index < -0.39 is 5.60 Å². The van der Waals surface area contributed by atoms with Gasteiger partial charge in [-0.05, 0) is 19.4 Å². The van der Waals surface area contributed by atoms with Crippen LogP contribution < -0.4 is 0 Å². The summed E-state index contributed by atoms with van der Waals surface area (Å²) in [6, 6.07) is 0. The highest BCUT2D eigenvalue weighted by Crippen LogP contribution is 2.20. The van der Waals surface area contributed by atoms with E-state index in [-0.39, 0.29) is 0 Å². The van der Waals surface area contributed by atoms with Gasteiger partial charge in [-0.15, -0.1) is 0 Å². The van der Waals surface area contributed by atoms with Crippen molar-refractivity contribution in [3.63, 3.8) is 0 Å². The maximum Gasteiger partial charge on any atom is 0.0872 e. The van der Waals surface area contributed by atoms with E-state index in [0.29, 0.717) is 0 Å². The third kappa shape index (κ3) is 2.47. The zero-order valence-electron chi connectivity index (χ0n) is 6.97. The van der Waals surface area contributed by atoms with E-state index in [2.05, 4.69) is 4.90 Å². The molecule has 0 amide bonds. The molecule has 0 unspecified atom stereocenters. The minimum absolute atomic E-state index is 0.466. The summed E-state index contributed by atoms with van der Waals surface area (Å²) >= 11 is 5.50. The van der Waals surface area contributed by atoms with Crippen LogP contribution in [0.2, 0.25) is 0 Å². The molecular formula is C8H14ClNO. The molecule has 64 valence electrons. The Morgan fingerprint density at radius 3 is 2.64 bits per heavy atom. The smallest absolute Gasteiger partial charge is 0.0872 e. The molecule has 0 radical (unpaired) electrons. The lowest BCUT2D eigenvalue weighted by molar-refractivity contribution is -0.0787. The zero-order valence-corrected chi connectivity index (χ0v) is 7.73. The first-order valence-corrected chi connectivity index (χ1v) is 4.18. The van der Waals surface area contributed by atoms with Gasteiger partial charge in [-0.2, -0.15) is 0 Å². The van der Waals surface area contributed by atoms with Gasteiger partial charge >= 0.3 is 0 Å². The summed E-state index contributed by atoms with van der Waals surface area (Å²) in [4.78, 5) is 2.16. The highest BCUT2D eigenvalue weighted by atomic mass is 35.5. The van der Waals surface area contributed by atoms with Crippen molar-refractivity contribution in [2.75, 3.05) is 19.6 Å². The third-order valence-corrected chi connectivity index (χ3v) is 2.16. The van der Waals surface area contributed by atoms with Crippen LogP contribution in [0, 0.1) is 0 Å². The van der Waals surface area contributed by atoms with Crippen LogP contribution in [0.4, 0.5) is 0 Å². The normalized spacial score (nSPS) is 24.9. The molecule has 2 nitrogen and oxygen atoms in total. The van der Waals surface area contributed by atoms with E-state index in [1.807, 2.05) is 13.8 Å². The molecule has 3 heteroatoms. The van der Waals surface area contributed by atoms with Crippen LogP contribution >= 0.6 is 11.6 Å². The number of likely N-dealkylation sites (tertiary alicyclic amines) is 1. The molecule has 1 aliphatic heterocycles. The molecule has 0 aromatic rings. The van der Waals surface area contributed by atoms with Crippen molar-refractivity contribution in [3.05, 3.63) is 11.1 Å². The molecule has 0 atom stereocenters. The number of halogens is 1. The van der Waals surface area contributed by atoms with Gasteiger partial charge in [-0.1, -0.05) is 11.6 Å². The number of hydrogen-bond donors (Lipinski definition) is 1. The predicted molar refractivity (Wildman–Crippen MR) is 46.7 cm³/mol. The van der Waals surface area contributed by atoms with Gasteiger partial charge in [0.15, 0.2) is 0 Å². The van der Waals surface area contributed by atoms with Gasteiger partial charge in [0.25, 0.3) is 0 Å². The topological polar surface area (TPSA) is 23.5 Å². The standard InChI is InChI=1S/C8H14ClNO/c1-7(3-9)4-10-5-8(2,11)6-10/h3,11H,4-6H2,1-2H3. The second kappa shape index (κ2) is 3.13. The molecule has 1 fully saturated rings. The maximum absolute atomic E-state index is 9.38. The molecule has 0 aromatic heterocycles. The van der Waals surface area contributed by atoms with Crippen LogP contribution in [0.25, 0.3) is 0 Å². The van der Waals surface area contributed by atoms with Crippen LogP contribution in [-0.4, -0.2) is 35.2 Å². The lowest BCUT2D eigenvalue weighted by Crippen LogP contribution is -2.59. The first kappa shape index (κ1) is 9.04. The van der Waals surface area contributed by atoms with Gasteiger partial charge in [0.2, 0.25) is 0 Å². The van der Waals surface area contributed by atoms with Gasteiger partial charge in [-0.3, -0.25) is 4.90 Å². The van der Waals surface area contributed by atoms with E-state index in [4.69, 9.17) is 11.6 Å². The fourth-order valence-corrected chi connectivity index (χ4v) is 1.49. The number of rotatable bonds is 2. The lowest BCUT2D eigenvalue weighted by Gasteiger charge is -2.44. The average Bonchev–Trinajstić information content (AvgIpc) is 1.83. The van der Waals surface area contributed by atoms with Gasteiger partial charge in [-0.25, -0.2) is 0 Å². The summed E-state index contributed by atoms with van der Waals surface area (Å²) in [7, 11) is 0. The molecule has 0 aliphatic carbocycles. The minimum atomic E-state index is -0.466. The van der Waals surface area contributed by atoms with Gasteiger partial charge in [0, 0.05) is 25.2 Å². The zero-order chi connectivity index (χ0) is 8.48. The summed E-state index contributed by atoms with van der Waals surface area (Å²) < 4.78 is 0. The highest BCUT2D eigenvalue weighted by molar-refractivity contribution is 6.25. The Kier molecular flexibility index (Phi) is 2.58. The van der Waals surface area contributed by atoms with E-state index in [1.165, 1.54) is 0 Å². The van der Waals surface area contributed by atoms with Crippen molar-refractivity contribution >= 4 is 11.6 Å². The van der Waals surface area contributed by atoms with Gasteiger partial charge in [0.1, 0.15) is 0 Å². The summed E-state index contributed by atoms with van der Waals surface area (Å²) in [5, 5.41) is 9.38. The third-order valence-electron chi connectivity index (χ3n) is 1.79. The Hall–Kier alpha value is -0.0500. The molecule has 0 spiro atoms. The second-order valence-corrected chi connectivity index (χ2v) is 3.82. The molecule has 1 saturated heterocycles. The number of nitrogens with zero attached hydrogens (tertiary/aromatic N) is 1.